The third-order valence-electron chi connectivity index (χ3n) is 1.65. The highest BCUT2D eigenvalue weighted by molar-refractivity contribution is 7.15. The molecule has 1 saturated carbocycles. The number of hydrogen-bond acceptors (Lipinski definition) is 3. The molecular weight excluding hydrogens is 168 g/mol. The molecule has 1 aromatic heterocycles. The zero-order chi connectivity index (χ0) is 7.14. The Bertz CT molecular complexity index is 248. The van der Waals surface area contributed by atoms with Gasteiger partial charge in [-0.1, -0.05) is 11.6 Å². The smallest absolute Gasteiger partial charge is 0.113 e. The van der Waals surface area contributed by atoms with Gasteiger partial charge in [-0.05, 0) is 6.42 Å². The molecule has 1 heterocycles. The largest absolute Gasteiger partial charge is 0.327 e. The van der Waals surface area contributed by atoms with Gasteiger partial charge in [-0.3, -0.25) is 0 Å². The van der Waals surface area contributed by atoms with Crippen molar-refractivity contribution in [3.05, 3.63) is 15.5 Å². The zero-order valence-electron chi connectivity index (χ0n) is 5.25. The standard InChI is InChI=1S/C6H7ClN2S/c7-5-2-9-6(10-5)3-1-4(3)8/h2-4H,1,8H2. The highest BCUT2D eigenvalue weighted by Gasteiger charge is 2.37. The van der Waals surface area contributed by atoms with Gasteiger partial charge in [0, 0.05) is 12.0 Å². The minimum atomic E-state index is 0.335. The van der Waals surface area contributed by atoms with E-state index >= 15 is 0 Å². The van der Waals surface area contributed by atoms with Crippen molar-refractivity contribution >= 4 is 22.9 Å². The van der Waals surface area contributed by atoms with E-state index in [4.69, 9.17) is 17.3 Å². The quantitative estimate of drug-likeness (QED) is 0.703. The second-order valence-corrected chi connectivity index (χ2v) is 4.20. The van der Waals surface area contributed by atoms with Crippen LogP contribution in [0.5, 0.6) is 0 Å². The van der Waals surface area contributed by atoms with Crippen LogP contribution in [0.4, 0.5) is 0 Å². The van der Waals surface area contributed by atoms with Gasteiger partial charge < -0.3 is 5.73 Å². The number of aromatic nitrogens is 1. The Labute approximate surface area is 68.0 Å². The van der Waals surface area contributed by atoms with Crippen LogP contribution in [0.2, 0.25) is 4.34 Å². The Morgan fingerprint density at radius 2 is 2.50 bits per heavy atom. The monoisotopic (exact) mass is 174 g/mol. The maximum Gasteiger partial charge on any atom is 0.113 e. The van der Waals surface area contributed by atoms with E-state index in [1.807, 2.05) is 0 Å². The number of rotatable bonds is 1. The van der Waals surface area contributed by atoms with Crippen LogP contribution in [0.25, 0.3) is 0 Å². The molecule has 2 atom stereocenters. The Morgan fingerprint density at radius 1 is 1.80 bits per heavy atom. The molecule has 0 radical (unpaired) electrons. The van der Waals surface area contributed by atoms with E-state index < -0.39 is 0 Å². The number of thiazole rings is 1. The molecule has 54 valence electrons. The van der Waals surface area contributed by atoms with Gasteiger partial charge in [0.1, 0.15) is 4.34 Å². The van der Waals surface area contributed by atoms with Crippen LogP contribution in [0, 0.1) is 0 Å². The van der Waals surface area contributed by atoms with Gasteiger partial charge >= 0.3 is 0 Å². The summed E-state index contributed by atoms with van der Waals surface area (Å²) >= 11 is 7.23. The van der Waals surface area contributed by atoms with Gasteiger partial charge in [0.15, 0.2) is 0 Å². The highest BCUT2D eigenvalue weighted by atomic mass is 35.5. The summed E-state index contributed by atoms with van der Waals surface area (Å²) in [7, 11) is 0. The number of hydrogen-bond donors (Lipinski definition) is 1. The van der Waals surface area contributed by atoms with E-state index in [0.717, 1.165) is 15.8 Å². The Morgan fingerprint density at radius 3 is 2.90 bits per heavy atom. The van der Waals surface area contributed by atoms with Crippen molar-refractivity contribution < 1.29 is 0 Å². The summed E-state index contributed by atoms with van der Waals surface area (Å²) in [6.45, 7) is 0. The third-order valence-corrected chi connectivity index (χ3v) is 2.90. The molecule has 2 unspecified atom stereocenters. The fourth-order valence-electron chi connectivity index (χ4n) is 0.937. The second kappa shape index (κ2) is 2.19. The molecule has 2 N–H and O–H groups in total. The summed E-state index contributed by atoms with van der Waals surface area (Å²) in [5.74, 6) is 0.498. The lowest BCUT2D eigenvalue weighted by atomic mass is 10.4. The predicted molar refractivity (Wildman–Crippen MR) is 42.5 cm³/mol. The first-order valence-electron chi connectivity index (χ1n) is 3.14. The van der Waals surface area contributed by atoms with Gasteiger partial charge in [-0.25, -0.2) is 4.98 Å². The first-order valence-corrected chi connectivity index (χ1v) is 4.33. The first kappa shape index (κ1) is 6.58. The van der Waals surface area contributed by atoms with E-state index in [1.54, 1.807) is 6.20 Å². The minimum absolute atomic E-state index is 0.335. The summed E-state index contributed by atoms with van der Waals surface area (Å²) in [5, 5.41) is 1.09. The molecule has 10 heavy (non-hydrogen) atoms. The summed E-state index contributed by atoms with van der Waals surface area (Å²) in [4.78, 5) is 4.13. The lowest BCUT2D eigenvalue weighted by molar-refractivity contribution is 0.975. The predicted octanol–water partition coefficient (Wildman–Crippen LogP) is 1.61. The molecule has 4 heteroatoms. The molecule has 1 aliphatic rings. The van der Waals surface area contributed by atoms with E-state index in [2.05, 4.69) is 4.98 Å². The molecule has 2 rings (SSSR count). The molecule has 0 aliphatic heterocycles. The van der Waals surface area contributed by atoms with Crippen LogP contribution < -0.4 is 5.73 Å². The van der Waals surface area contributed by atoms with Gasteiger partial charge in [0.2, 0.25) is 0 Å². The molecule has 0 spiro atoms. The van der Waals surface area contributed by atoms with Gasteiger partial charge in [0.05, 0.1) is 11.2 Å². The lowest BCUT2D eigenvalue weighted by Gasteiger charge is -1.85. The Hall–Kier alpha value is -0.120. The molecule has 0 aromatic carbocycles. The van der Waals surface area contributed by atoms with Crippen molar-refractivity contribution in [2.24, 2.45) is 5.73 Å². The topological polar surface area (TPSA) is 38.9 Å². The Balaban J connectivity index is 2.20. The number of nitrogens with zero attached hydrogens (tertiary/aromatic N) is 1. The van der Waals surface area contributed by atoms with Gasteiger partial charge in [-0.2, -0.15) is 0 Å². The molecule has 0 bridgehead atoms. The van der Waals surface area contributed by atoms with E-state index in [-0.39, 0.29) is 0 Å². The maximum atomic E-state index is 5.70. The molecule has 1 fully saturated rings. The first-order chi connectivity index (χ1) is 4.77. The Kier molecular flexibility index (Phi) is 1.44. The summed E-state index contributed by atoms with van der Waals surface area (Å²) < 4.78 is 0.758. The SMILES string of the molecule is NC1CC1c1ncc(Cl)s1. The van der Waals surface area contributed by atoms with E-state index in [9.17, 15) is 0 Å². The third kappa shape index (κ3) is 1.05. The van der Waals surface area contributed by atoms with Crippen molar-refractivity contribution in [1.29, 1.82) is 0 Å². The van der Waals surface area contributed by atoms with Gasteiger partial charge in [0.25, 0.3) is 0 Å². The average Bonchev–Trinajstić information content (AvgIpc) is 2.42. The molecule has 2 nitrogen and oxygen atoms in total. The molecule has 0 amide bonds. The van der Waals surface area contributed by atoms with Crippen molar-refractivity contribution in [1.82, 2.24) is 4.98 Å². The number of nitrogens with two attached hydrogens (primary N) is 1. The number of halogens is 1. The minimum Gasteiger partial charge on any atom is -0.327 e. The lowest BCUT2D eigenvalue weighted by Crippen LogP contribution is -2.00. The molecule has 0 saturated heterocycles. The zero-order valence-corrected chi connectivity index (χ0v) is 6.82. The van der Waals surface area contributed by atoms with Crippen molar-refractivity contribution in [3.8, 4) is 0 Å². The van der Waals surface area contributed by atoms with Gasteiger partial charge in [-0.15, -0.1) is 11.3 Å². The van der Waals surface area contributed by atoms with E-state index in [1.165, 1.54) is 11.3 Å². The average molecular weight is 175 g/mol. The maximum absolute atomic E-state index is 5.70. The van der Waals surface area contributed by atoms with Crippen LogP contribution in [-0.2, 0) is 0 Å². The van der Waals surface area contributed by atoms with E-state index in [0.29, 0.717) is 12.0 Å². The van der Waals surface area contributed by atoms with Crippen molar-refractivity contribution in [3.63, 3.8) is 0 Å². The fourth-order valence-corrected chi connectivity index (χ4v) is 2.06. The normalized spacial score (nSPS) is 30.6. The molecular formula is C6H7ClN2S. The fraction of sp³-hybridized carbons (Fsp3) is 0.500. The molecule has 1 aliphatic carbocycles. The summed E-state index contributed by atoms with van der Waals surface area (Å²) in [6.07, 6.45) is 2.76. The van der Waals surface area contributed by atoms with Crippen LogP contribution in [0.15, 0.2) is 6.20 Å². The highest BCUT2D eigenvalue weighted by Crippen LogP contribution is 2.41. The summed E-state index contributed by atoms with van der Waals surface area (Å²) in [6, 6.07) is 0.335. The van der Waals surface area contributed by atoms with Crippen LogP contribution in [0.1, 0.15) is 17.3 Å². The van der Waals surface area contributed by atoms with Crippen LogP contribution in [0.3, 0.4) is 0 Å². The summed E-state index contributed by atoms with van der Waals surface area (Å²) in [5.41, 5.74) is 5.63. The molecule has 1 aromatic rings. The van der Waals surface area contributed by atoms with Crippen molar-refractivity contribution in [2.75, 3.05) is 0 Å². The van der Waals surface area contributed by atoms with Crippen LogP contribution in [-0.4, -0.2) is 11.0 Å². The van der Waals surface area contributed by atoms with Crippen LogP contribution >= 0.6 is 22.9 Å². The van der Waals surface area contributed by atoms with Crippen molar-refractivity contribution in [2.45, 2.75) is 18.4 Å². The second-order valence-electron chi connectivity index (χ2n) is 2.51.